The predicted octanol–water partition coefficient (Wildman–Crippen LogP) is 6.75. The van der Waals surface area contributed by atoms with Crippen molar-refractivity contribution < 1.29 is 4.42 Å². The molecule has 0 saturated heterocycles. The molecule has 0 N–H and O–H groups in total. The van der Waals surface area contributed by atoms with Crippen LogP contribution in [0.5, 0.6) is 0 Å². The molecule has 0 amide bonds. The highest BCUT2D eigenvalue weighted by atomic mass is 32.2. The molecule has 1 nitrogen and oxygen atoms in total. The summed E-state index contributed by atoms with van der Waals surface area (Å²) >= 11 is 1.79. The van der Waals surface area contributed by atoms with Gasteiger partial charge in [-0.2, -0.15) is 0 Å². The molecule has 0 saturated carbocycles. The number of rotatable bonds is 8. The minimum absolute atomic E-state index is 0.587. The fraction of sp³-hybridized carbons (Fsp3) is 0.435. The Kier molecular flexibility index (Phi) is 8.27. The van der Waals surface area contributed by atoms with Gasteiger partial charge in [-0.25, -0.2) is 0 Å². The van der Waals surface area contributed by atoms with Crippen molar-refractivity contribution in [1.82, 2.24) is 0 Å². The van der Waals surface area contributed by atoms with E-state index in [9.17, 15) is 0 Å². The second-order valence-corrected chi connectivity index (χ2v) is 8.25. The van der Waals surface area contributed by atoms with Crippen molar-refractivity contribution in [2.45, 2.75) is 51.3 Å². The summed E-state index contributed by atoms with van der Waals surface area (Å²) in [6.07, 6.45) is 11.1. The zero-order chi connectivity index (χ0) is 18.1. The molecule has 1 aromatic rings. The third-order valence-corrected chi connectivity index (χ3v) is 5.49. The van der Waals surface area contributed by atoms with Crippen LogP contribution in [0.2, 0.25) is 0 Å². The van der Waals surface area contributed by atoms with Gasteiger partial charge in [-0.05, 0) is 44.2 Å². The summed E-state index contributed by atoms with van der Waals surface area (Å²) in [5.74, 6) is 2.43. The first-order valence-electron chi connectivity index (χ1n) is 9.30. The van der Waals surface area contributed by atoms with Crippen LogP contribution in [-0.4, -0.2) is 12.4 Å². The maximum absolute atomic E-state index is 5.90. The normalized spacial score (nSPS) is 20.0. The molecule has 0 fully saturated rings. The SMILES string of the molecule is C=C/C(=C/CCC1CCC(=[O+]CC(C)C)C=C1C)Sc1ccccc1. The Hall–Kier alpha value is -1.54. The minimum Gasteiger partial charge on any atom is -0.259 e. The Bertz CT molecular complexity index is 637. The first-order valence-corrected chi connectivity index (χ1v) is 10.1. The van der Waals surface area contributed by atoms with E-state index in [4.69, 9.17) is 4.42 Å². The van der Waals surface area contributed by atoms with Crippen molar-refractivity contribution in [3.8, 4) is 0 Å². The van der Waals surface area contributed by atoms with Crippen LogP contribution in [0, 0.1) is 11.8 Å². The Labute approximate surface area is 157 Å². The van der Waals surface area contributed by atoms with Crippen LogP contribution in [0.3, 0.4) is 0 Å². The van der Waals surface area contributed by atoms with Crippen molar-refractivity contribution in [3.63, 3.8) is 0 Å². The van der Waals surface area contributed by atoms with Crippen molar-refractivity contribution >= 4 is 17.5 Å². The van der Waals surface area contributed by atoms with Crippen LogP contribution in [-0.2, 0) is 4.42 Å². The summed E-state index contributed by atoms with van der Waals surface area (Å²) in [4.78, 5) is 2.51. The molecule has 0 spiro atoms. The summed E-state index contributed by atoms with van der Waals surface area (Å²) in [6.45, 7) is 11.4. The van der Waals surface area contributed by atoms with E-state index in [1.54, 1.807) is 11.8 Å². The van der Waals surface area contributed by atoms with E-state index in [0.29, 0.717) is 11.8 Å². The zero-order valence-electron chi connectivity index (χ0n) is 15.8. The molecule has 1 atom stereocenters. The maximum atomic E-state index is 5.90. The van der Waals surface area contributed by atoms with Crippen molar-refractivity contribution in [2.75, 3.05) is 6.61 Å². The highest BCUT2D eigenvalue weighted by Crippen LogP contribution is 2.30. The van der Waals surface area contributed by atoms with E-state index < -0.39 is 0 Å². The molecular formula is C23H31OS+. The lowest BCUT2D eigenvalue weighted by molar-refractivity contribution is -0.465. The smallest absolute Gasteiger partial charge is 0.259 e. The van der Waals surface area contributed by atoms with Gasteiger partial charge in [0.1, 0.15) is 0 Å². The average molecular weight is 356 g/mol. The Morgan fingerprint density at radius 3 is 2.72 bits per heavy atom. The van der Waals surface area contributed by atoms with E-state index in [0.717, 1.165) is 19.4 Å². The summed E-state index contributed by atoms with van der Waals surface area (Å²) < 4.78 is 5.90. The van der Waals surface area contributed by atoms with Crippen molar-refractivity contribution in [2.24, 2.45) is 11.8 Å². The Morgan fingerprint density at radius 1 is 1.32 bits per heavy atom. The quantitative estimate of drug-likeness (QED) is 0.285. The van der Waals surface area contributed by atoms with Gasteiger partial charge in [0, 0.05) is 21.8 Å². The van der Waals surface area contributed by atoms with Crippen molar-refractivity contribution in [1.29, 1.82) is 0 Å². The molecule has 25 heavy (non-hydrogen) atoms. The van der Waals surface area contributed by atoms with E-state index in [-0.39, 0.29) is 0 Å². The number of carbonyl (C=O) groups excluding carboxylic acids is 1. The first-order chi connectivity index (χ1) is 12.1. The molecule has 1 aliphatic carbocycles. The minimum atomic E-state index is 0.587. The highest BCUT2D eigenvalue weighted by Gasteiger charge is 2.22. The molecule has 0 bridgehead atoms. The fourth-order valence-corrected chi connectivity index (χ4v) is 3.82. The van der Waals surface area contributed by atoms with Gasteiger partial charge in [-0.1, -0.05) is 68.1 Å². The van der Waals surface area contributed by atoms with Crippen molar-refractivity contribution in [3.05, 3.63) is 65.6 Å². The first kappa shape index (κ1) is 19.8. The molecule has 2 heteroatoms. The van der Waals surface area contributed by atoms with E-state index in [2.05, 4.69) is 69.8 Å². The molecule has 0 heterocycles. The van der Waals surface area contributed by atoms with Crippen LogP contribution in [0.25, 0.3) is 0 Å². The number of ketones is 1. The van der Waals surface area contributed by atoms with Crippen LogP contribution in [0.1, 0.15) is 46.5 Å². The fourth-order valence-electron chi connectivity index (χ4n) is 2.97. The van der Waals surface area contributed by atoms with E-state index in [1.807, 2.05) is 6.08 Å². The number of hydrogen-bond acceptors (Lipinski definition) is 1. The molecular weight excluding hydrogens is 324 g/mol. The standard InChI is InChI=1S/C23H31OS/c1-5-22(25-23-11-7-6-8-12-23)13-9-10-20-14-15-21(16-19(20)4)24-17-18(2)3/h5-8,11-13,16,18,20H,1,9-10,14-15,17H2,2-4H3/q+1/b22-13-. The molecule has 0 radical (unpaired) electrons. The number of thioether (sulfide) groups is 1. The van der Waals surface area contributed by atoms with E-state index >= 15 is 0 Å². The Morgan fingerprint density at radius 2 is 2.08 bits per heavy atom. The summed E-state index contributed by atoms with van der Waals surface area (Å²) in [7, 11) is 0. The second-order valence-electron chi connectivity index (χ2n) is 7.10. The lowest BCUT2D eigenvalue weighted by atomic mass is 9.85. The van der Waals surface area contributed by atoms with Gasteiger partial charge >= 0.3 is 5.78 Å². The molecule has 134 valence electrons. The van der Waals surface area contributed by atoms with Crippen LogP contribution >= 0.6 is 11.8 Å². The summed E-state index contributed by atoms with van der Waals surface area (Å²) in [6, 6.07) is 10.5. The molecule has 1 unspecified atom stereocenters. The summed E-state index contributed by atoms with van der Waals surface area (Å²) in [5, 5.41) is 0. The molecule has 2 rings (SSSR count). The van der Waals surface area contributed by atoms with Crippen LogP contribution in [0.4, 0.5) is 0 Å². The largest absolute Gasteiger partial charge is 0.319 e. The highest BCUT2D eigenvalue weighted by molar-refractivity contribution is 8.03. The summed E-state index contributed by atoms with van der Waals surface area (Å²) in [5.41, 5.74) is 1.47. The van der Waals surface area contributed by atoms with Gasteiger partial charge in [-0.15, -0.1) is 0 Å². The average Bonchev–Trinajstić information content (AvgIpc) is 2.61. The van der Waals surface area contributed by atoms with Gasteiger partial charge in [0.15, 0.2) is 0 Å². The Balaban J connectivity index is 1.87. The molecule has 1 aliphatic rings. The molecule has 0 aliphatic heterocycles. The van der Waals surface area contributed by atoms with E-state index in [1.165, 1.54) is 34.0 Å². The van der Waals surface area contributed by atoms with Gasteiger partial charge in [0.05, 0.1) is 6.42 Å². The zero-order valence-corrected chi connectivity index (χ0v) is 16.6. The number of benzene rings is 1. The third kappa shape index (κ3) is 7.07. The topological polar surface area (TPSA) is 11.3 Å². The third-order valence-electron chi connectivity index (χ3n) is 4.41. The second kappa shape index (κ2) is 10.5. The van der Waals surface area contributed by atoms with Crippen LogP contribution < -0.4 is 0 Å². The lowest BCUT2D eigenvalue weighted by Gasteiger charge is -2.19. The maximum Gasteiger partial charge on any atom is 0.319 e. The predicted molar refractivity (Wildman–Crippen MR) is 111 cm³/mol. The number of allylic oxidation sites excluding steroid dienone is 4. The number of hydrogen-bond donors (Lipinski definition) is 0. The molecule has 0 aromatic heterocycles. The van der Waals surface area contributed by atoms with Gasteiger partial charge in [0.25, 0.3) is 6.61 Å². The van der Waals surface area contributed by atoms with Gasteiger partial charge in [-0.3, -0.25) is 4.42 Å². The van der Waals surface area contributed by atoms with Crippen LogP contribution in [0.15, 0.2) is 70.5 Å². The van der Waals surface area contributed by atoms with Gasteiger partial charge < -0.3 is 0 Å². The monoisotopic (exact) mass is 355 g/mol. The molecule has 1 aromatic carbocycles. The lowest BCUT2D eigenvalue weighted by Crippen LogP contribution is -2.15. The van der Waals surface area contributed by atoms with Gasteiger partial charge in [0.2, 0.25) is 0 Å².